The maximum atomic E-state index is 13.1. The molecule has 8 heteroatoms. The summed E-state index contributed by atoms with van der Waals surface area (Å²) in [5, 5.41) is 2.79. The van der Waals surface area contributed by atoms with E-state index in [0.29, 0.717) is 35.5 Å². The number of nitrogens with zero attached hydrogens (tertiary/aromatic N) is 1. The lowest BCUT2D eigenvalue weighted by molar-refractivity contribution is 0.101. The first-order valence-electron chi connectivity index (χ1n) is 9.59. The van der Waals surface area contributed by atoms with Crippen molar-refractivity contribution in [1.82, 2.24) is 0 Å². The van der Waals surface area contributed by atoms with Gasteiger partial charge in [-0.25, -0.2) is 8.42 Å². The summed E-state index contributed by atoms with van der Waals surface area (Å²) < 4.78 is 28.3. The number of benzene rings is 3. The summed E-state index contributed by atoms with van der Waals surface area (Å²) in [5.74, 6) is -0.404. The number of Topliss-reactive ketones (excluding diaryl/α,β-unsaturated/α-hetero) is 1. The molecule has 0 saturated carbocycles. The van der Waals surface area contributed by atoms with Gasteiger partial charge in [0.25, 0.3) is 15.9 Å². The number of carbonyl (C=O) groups excluding carboxylic acids is 2. The Labute approximate surface area is 189 Å². The number of anilines is 2. The molecule has 0 aliphatic carbocycles. The second-order valence-electron chi connectivity index (χ2n) is 7.22. The number of ketones is 1. The van der Waals surface area contributed by atoms with Crippen LogP contribution in [0.15, 0.2) is 76.1 Å². The number of halogens is 1. The molecule has 4 rings (SSSR count). The maximum absolute atomic E-state index is 13.1. The van der Waals surface area contributed by atoms with Gasteiger partial charge in [-0.2, -0.15) is 0 Å². The molecule has 0 atom stereocenters. The Morgan fingerprint density at radius 1 is 0.968 bits per heavy atom. The van der Waals surface area contributed by atoms with Crippen LogP contribution >= 0.6 is 15.9 Å². The van der Waals surface area contributed by atoms with Gasteiger partial charge in [0.05, 0.1) is 10.6 Å². The second kappa shape index (κ2) is 8.28. The first-order chi connectivity index (χ1) is 14.8. The van der Waals surface area contributed by atoms with E-state index in [4.69, 9.17) is 0 Å². The lowest BCUT2D eigenvalue weighted by atomic mass is 10.1. The normalized spacial score (nSPS) is 13.0. The number of amides is 1. The van der Waals surface area contributed by atoms with Gasteiger partial charge in [-0.15, -0.1) is 0 Å². The van der Waals surface area contributed by atoms with Crippen molar-refractivity contribution >= 4 is 49.0 Å². The van der Waals surface area contributed by atoms with Crippen LogP contribution in [-0.2, 0) is 16.4 Å². The molecule has 0 unspecified atom stereocenters. The average Bonchev–Trinajstić information content (AvgIpc) is 3.18. The monoisotopic (exact) mass is 498 g/mol. The molecule has 3 aromatic carbocycles. The minimum atomic E-state index is -3.68. The third kappa shape index (κ3) is 4.26. The Balaban J connectivity index is 1.57. The number of hydrogen-bond acceptors (Lipinski definition) is 4. The Kier molecular flexibility index (Phi) is 5.68. The predicted molar refractivity (Wildman–Crippen MR) is 123 cm³/mol. The van der Waals surface area contributed by atoms with Crippen molar-refractivity contribution in [2.24, 2.45) is 0 Å². The summed E-state index contributed by atoms with van der Waals surface area (Å²) in [6.07, 6.45) is 0.520. The van der Waals surface area contributed by atoms with Crippen molar-refractivity contribution in [2.45, 2.75) is 18.2 Å². The third-order valence-electron chi connectivity index (χ3n) is 5.12. The highest BCUT2D eigenvalue weighted by molar-refractivity contribution is 9.10. The SMILES string of the molecule is CC(=O)c1cccc(NC(=O)c2ccc3c(c2)CCN3S(=O)(=O)c2ccc(Br)cc2)c1. The quantitative estimate of drug-likeness (QED) is 0.518. The number of nitrogens with one attached hydrogen (secondary N) is 1. The minimum Gasteiger partial charge on any atom is -0.322 e. The van der Waals surface area contributed by atoms with Gasteiger partial charge in [-0.1, -0.05) is 28.1 Å². The zero-order chi connectivity index (χ0) is 22.2. The van der Waals surface area contributed by atoms with E-state index in [9.17, 15) is 18.0 Å². The number of hydrogen-bond donors (Lipinski definition) is 1. The van der Waals surface area contributed by atoms with E-state index in [1.807, 2.05) is 0 Å². The minimum absolute atomic E-state index is 0.0827. The fourth-order valence-electron chi connectivity index (χ4n) is 3.52. The van der Waals surface area contributed by atoms with Crippen LogP contribution < -0.4 is 9.62 Å². The van der Waals surface area contributed by atoms with Crippen LogP contribution in [0.25, 0.3) is 0 Å². The number of sulfonamides is 1. The fraction of sp³-hybridized carbons (Fsp3) is 0.130. The van der Waals surface area contributed by atoms with Crippen molar-refractivity contribution in [1.29, 1.82) is 0 Å². The molecule has 1 aliphatic rings. The summed E-state index contributed by atoms with van der Waals surface area (Å²) in [6, 6.07) is 18.2. The van der Waals surface area contributed by atoms with Gasteiger partial charge in [-0.05, 0) is 73.5 Å². The molecule has 158 valence electrons. The number of carbonyl (C=O) groups is 2. The van der Waals surface area contributed by atoms with E-state index < -0.39 is 10.0 Å². The van der Waals surface area contributed by atoms with Gasteiger partial charge in [-0.3, -0.25) is 13.9 Å². The van der Waals surface area contributed by atoms with E-state index >= 15 is 0 Å². The number of rotatable bonds is 5. The van der Waals surface area contributed by atoms with Crippen molar-refractivity contribution < 1.29 is 18.0 Å². The van der Waals surface area contributed by atoms with Crippen LogP contribution in [0.2, 0.25) is 0 Å². The van der Waals surface area contributed by atoms with Crippen molar-refractivity contribution in [2.75, 3.05) is 16.2 Å². The highest BCUT2D eigenvalue weighted by Crippen LogP contribution is 2.34. The number of fused-ring (bicyclic) bond motifs is 1. The standard InChI is InChI=1S/C23H19BrN2O4S/c1-15(27)16-3-2-4-20(14-16)25-23(28)18-5-10-22-17(13-18)11-12-26(22)31(29,30)21-8-6-19(24)7-9-21/h2-10,13-14H,11-12H2,1H3,(H,25,28). The molecule has 0 bridgehead atoms. The van der Waals surface area contributed by atoms with Gasteiger partial charge in [0.15, 0.2) is 5.78 Å². The Morgan fingerprint density at radius 3 is 2.42 bits per heavy atom. The first-order valence-corrected chi connectivity index (χ1v) is 11.8. The average molecular weight is 499 g/mol. The highest BCUT2D eigenvalue weighted by Gasteiger charge is 2.31. The summed E-state index contributed by atoms with van der Waals surface area (Å²) in [7, 11) is -3.68. The molecule has 1 aliphatic heterocycles. The van der Waals surface area contributed by atoms with Crippen molar-refractivity contribution in [3.05, 3.63) is 87.9 Å². The van der Waals surface area contributed by atoms with Crippen LogP contribution in [-0.4, -0.2) is 26.7 Å². The molecule has 0 aromatic heterocycles. The van der Waals surface area contributed by atoms with Crippen LogP contribution in [0.1, 0.15) is 33.2 Å². The predicted octanol–water partition coefficient (Wildman–Crippen LogP) is 4.66. The summed E-state index contributed by atoms with van der Waals surface area (Å²) in [4.78, 5) is 24.5. The molecule has 6 nitrogen and oxygen atoms in total. The lowest BCUT2D eigenvalue weighted by Crippen LogP contribution is -2.29. The molecular weight excluding hydrogens is 480 g/mol. The highest BCUT2D eigenvalue weighted by atomic mass is 79.9. The summed E-state index contributed by atoms with van der Waals surface area (Å²) in [6.45, 7) is 1.79. The first kappa shape index (κ1) is 21.3. The van der Waals surface area contributed by atoms with Gasteiger partial charge in [0, 0.05) is 27.8 Å². The van der Waals surface area contributed by atoms with Crippen LogP contribution in [0.3, 0.4) is 0 Å². The molecule has 0 saturated heterocycles. The Morgan fingerprint density at radius 2 is 1.71 bits per heavy atom. The Hall–Kier alpha value is -2.97. The van der Waals surface area contributed by atoms with E-state index in [1.165, 1.54) is 11.2 Å². The van der Waals surface area contributed by atoms with Gasteiger partial charge in [0.2, 0.25) is 0 Å². The van der Waals surface area contributed by atoms with Gasteiger partial charge >= 0.3 is 0 Å². The summed E-state index contributed by atoms with van der Waals surface area (Å²) in [5.41, 5.74) is 2.84. The molecule has 0 spiro atoms. The zero-order valence-electron chi connectivity index (χ0n) is 16.6. The van der Waals surface area contributed by atoms with E-state index in [0.717, 1.165) is 10.0 Å². The molecule has 1 heterocycles. The molecule has 0 radical (unpaired) electrons. The smallest absolute Gasteiger partial charge is 0.264 e. The van der Waals surface area contributed by atoms with Crippen LogP contribution in [0.5, 0.6) is 0 Å². The van der Waals surface area contributed by atoms with E-state index in [1.54, 1.807) is 66.7 Å². The van der Waals surface area contributed by atoms with Gasteiger partial charge < -0.3 is 5.32 Å². The molecular formula is C23H19BrN2O4S. The molecule has 1 amide bonds. The summed E-state index contributed by atoms with van der Waals surface area (Å²) >= 11 is 3.31. The largest absolute Gasteiger partial charge is 0.322 e. The third-order valence-corrected chi connectivity index (χ3v) is 7.48. The molecule has 0 fully saturated rings. The van der Waals surface area contributed by atoms with E-state index in [-0.39, 0.29) is 16.6 Å². The zero-order valence-corrected chi connectivity index (χ0v) is 19.0. The van der Waals surface area contributed by atoms with Crippen molar-refractivity contribution in [3.8, 4) is 0 Å². The topological polar surface area (TPSA) is 83.6 Å². The fourth-order valence-corrected chi connectivity index (χ4v) is 5.28. The van der Waals surface area contributed by atoms with Crippen molar-refractivity contribution in [3.63, 3.8) is 0 Å². The molecule has 31 heavy (non-hydrogen) atoms. The lowest BCUT2D eigenvalue weighted by Gasteiger charge is -2.20. The van der Waals surface area contributed by atoms with Gasteiger partial charge in [0.1, 0.15) is 0 Å². The van der Waals surface area contributed by atoms with E-state index in [2.05, 4.69) is 21.2 Å². The second-order valence-corrected chi connectivity index (χ2v) is 9.99. The molecule has 1 N–H and O–H groups in total. The van der Waals surface area contributed by atoms with Crippen LogP contribution in [0, 0.1) is 0 Å². The maximum Gasteiger partial charge on any atom is 0.264 e. The Bertz CT molecular complexity index is 1290. The molecule has 3 aromatic rings. The van der Waals surface area contributed by atoms with Crippen LogP contribution in [0.4, 0.5) is 11.4 Å².